The second-order valence-corrected chi connectivity index (χ2v) is 3.25. The minimum Gasteiger partial charge on any atom is -0.478 e. The van der Waals surface area contributed by atoms with Gasteiger partial charge in [0.05, 0.1) is 5.56 Å². The van der Waals surface area contributed by atoms with Crippen molar-refractivity contribution in [1.82, 2.24) is 9.55 Å². The zero-order chi connectivity index (χ0) is 11.5. The van der Waals surface area contributed by atoms with E-state index in [0.717, 1.165) is 0 Å². The first kappa shape index (κ1) is 10.2. The fourth-order valence-electron chi connectivity index (χ4n) is 1.22. The molecule has 2 rings (SSSR count). The van der Waals surface area contributed by atoms with E-state index in [0.29, 0.717) is 11.8 Å². The second kappa shape index (κ2) is 4.06. The molecule has 1 N–H and O–H groups in total. The summed E-state index contributed by atoms with van der Waals surface area (Å²) in [5.41, 5.74) is 0.229. The van der Waals surface area contributed by atoms with E-state index in [1.807, 2.05) is 7.05 Å². The van der Waals surface area contributed by atoms with Crippen molar-refractivity contribution in [2.75, 3.05) is 0 Å². The Hall–Kier alpha value is -2.30. The Morgan fingerprint density at radius 1 is 1.38 bits per heavy atom. The Morgan fingerprint density at radius 3 is 2.56 bits per heavy atom. The number of carbonyl (C=O) groups is 1. The monoisotopic (exact) mass is 218 g/mol. The fourth-order valence-corrected chi connectivity index (χ4v) is 1.22. The molecule has 1 aromatic carbocycles. The van der Waals surface area contributed by atoms with Crippen LogP contribution in [0, 0.1) is 0 Å². The summed E-state index contributed by atoms with van der Waals surface area (Å²) >= 11 is 0. The number of hydrogen-bond donors (Lipinski definition) is 1. The first-order valence-corrected chi connectivity index (χ1v) is 4.65. The minimum absolute atomic E-state index is 0.229. The molecule has 0 amide bonds. The molecule has 1 heterocycles. The third-order valence-electron chi connectivity index (χ3n) is 2.09. The molecule has 0 fully saturated rings. The Balaban J connectivity index is 2.17. The predicted molar refractivity (Wildman–Crippen MR) is 56.7 cm³/mol. The van der Waals surface area contributed by atoms with E-state index in [1.165, 1.54) is 12.1 Å². The van der Waals surface area contributed by atoms with Gasteiger partial charge in [0, 0.05) is 19.4 Å². The highest BCUT2D eigenvalue weighted by molar-refractivity contribution is 5.87. The van der Waals surface area contributed by atoms with Crippen LogP contribution in [0.5, 0.6) is 11.8 Å². The standard InChI is InChI=1S/C11H10N2O3/c1-13-7-6-12-11(13)16-9-4-2-8(3-5-9)10(14)15/h2-7H,1H3,(H,14,15). The molecule has 0 aliphatic heterocycles. The molecule has 2 aromatic rings. The number of nitrogens with zero attached hydrogens (tertiary/aromatic N) is 2. The van der Waals surface area contributed by atoms with Gasteiger partial charge >= 0.3 is 12.0 Å². The quantitative estimate of drug-likeness (QED) is 0.854. The van der Waals surface area contributed by atoms with Crippen molar-refractivity contribution in [2.24, 2.45) is 7.05 Å². The first-order valence-electron chi connectivity index (χ1n) is 4.65. The Kier molecular flexibility index (Phi) is 2.59. The maximum absolute atomic E-state index is 10.6. The molecule has 0 saturated carbocycles. The van der Waals surface area contributed by atoms with E-state index in [9.17, 15) is 4.79 Å². The fraction of sp³-hybridized carbons (Fsp3) is 0.0909. The number of hydrogen-bond acceptors (Lipinski definition) is 3. The Morgan fingerprint density at radius 2 is 2.06 bits per heavy atom. The van der Waals surface area contributed by atoms with Crippen LogP contribution < -0.4 is 4.74 Å². The lowest BCUT2D eigenvalue weighted by molar-refractivity contribution is 0.0697. The maximum Gasteiger partial charge on any atom is 0.335 e. The topological polar surface area (TPSA) is 64.4 Å². The molecule has 0 aliphatic carbocycles. The molecule has 0 bridgehead atoms. The Bertz CT molecular complexity index is 502. The number of ether oxygens (including phenoxy) is 1. The van der Waals surface area contributed by atoms with Gasteiger partial charge in [0.25, 0.3) is 0 Å². The smallest absolute Gasteiger partial charge is 0.335 e. The summed E-state index contributed by atoms with van der Waals surface area (Å²) in [6.07, 6.45) is 3.39. The summed E-state index contributed by atoms with van der Waals surface area (Å²) in [4.78, 5) is 14.6. The van der Waals surface area contributed by atoms with Gasteiger partial charge < -0.3 is 14.4 Å². The van der Waals surface area contributed by atoms with Gasteiger partial charge in [0.2, 0.25) is 0 Å². The second-order valence-electron chi connectivity index (χ2n) is 3.25. The number of aryl methyl sites for hydroxylation is 1. The van der Waals surface area contributed by atoms with Gasteiger partial charge in [-0.3, -0.25) is 0 Å². The van der Waals surface area contributed by atoms with E-state index >= 15 is 0 Å². The molecular formula is C11H10N2O3. The zero-order valence-corrected chi connectivity index (χ0v) is 8.62. The van der Waals surface area contributed by atoms with Gasteiger partial charge in [-0.05, 0) is 24.3 Å². The van der Waals surface area contributed by atoms with Crippen LogP contribution in [0.25, 0.3) is 0 Å². The van der Waals surface area contributed by atoms with Crippen molar-refractivity contribution < 1.29 is 14.6 Å². The van der Waals surface area contributed by atoms with Crippen LogP contribution >= 0.6 is 0 Å². The van der Waals surface area contributed by atoms with Crippen LogP contribution in [-0.4, -0.2) is 20.6 Å². The van der Waals surface area contributed by atoms with Crippen LogP contribution in [0.3, 0.4) is 0 Å². The van der Waals surface area contributed by atoms with Crippen molar-refractivity contribution in [3.8, 4) is 11.8 Å². The van der Waals surface area contributed by atoms with E-state index in [2.05, 4.69) is 4.98 Å². The summed E-state index contributed by atoms with van der Waals surface area (Å²) < 4.78 is 7.17. The number of imidazole rings is 1. The Labute approximate surface area is 91.9 Å². The number of carboxylic acid groups (broad SMARTS) is 1. The molecule has 16 heavy (non-hydrogen) atoms. The van der Waals surface area contributed by atoms with Crippen molar-refractivity contribution in [3.05, 3.63) is 42.2 Å². The average molecular weight is 218 g/mol. The van der Waals surface area contributed by atoms with Crippen molar-refractivity contribution in [3.63, 3.8) is 0 Å². The summed E-state index contributed by atoms with van der Waals surface area (Å²) in [6, 6.07) is 6.63. The van der Waals surface area contributed by atoms with Gasteiger partial charge in [-0.2, -0.15) is 0 Å². The summed E-state index contributed by atoms with van der Waals surface area (Å²) in [7, 11) is 1.81. The molecule has 5 heteroatoms. The molecule has 0 spiro atoms. The SMILES string of the molecule is Cn1ccnc1Oc1ccc(C(=O)O)cc1. The van der Waals surface area contributed by atoms with Crippen molar-refractivity contribution in [2.45, 2.75) is 0 Å². The zero-order valence-electron chi connectivity index (χ0n) is 8.62. The van der Waals surface area contributed by atoms with Crippen LogP contribution in [0.1, 0.15) is 10.4 Å². The van der Waals surface area contributed by atoms with Crippen molar-refractivity contribution in [1.29, 1.82) is 0 Å². The lowest BCUT2D eigenvalue weighted by atomic mass is 10.2. The lowest BCUT2D eigenvalue weighted by Crippen LogP contribution is -1.96. The number of benzene rings is 1. The largest absolute Gasteiger partial charge is 0.478 e. The van der Waals surface area contributed by atoms with Crippen LogP contribution in [0.15, 0.2) is 36.7 Å². The van der Waals surface area contributed by atoms with Gasteiger partial charge in [-0.15, -0.1) is 0 Å². The summed E-state index contributed by atoms with van der Waals surface area (Å²) in [6.45, 7) is 0. The van der Waals surface area contributed by atoms with E-state index in [4.69, 9.17) is 9.84 Å². The van der Waals surface area contributed by atoms with Crippen LogP contribution in [0.4, 0.5) is 0 Å². The molecule has 1 aromatic heterocycles. The molecule has 0 unspecified atom stereocenters. The average Bonchev–Trinajstić information content (AvgIpc) is 2.65. The molecular weight excluding hydrogens is 208 g/mol. The number of carboxylic acids is 1. The third kappa shape index (κ3) is 2.03. The normalized spacial score (nSPS) is 10.1. The third-order valence-corrected chi connectivity index (χ3v) is 2.09. The highest BCUT2D eigenvalue weighted by Gasteiger charge is 2.04. The van der Waals surface area contributed by atoms with Crippen LogP contribution in [0.2, 0.25) is 0 Å². The minimum atomic E-state index is -0.955. The highest BCUT2D eigenvalue weighted by atomic mass is 16.5. The van der Waals surface area contributed by atoms with Gasteiger partial charge in [-0.25, -0.2) is 9.78 Å². The number of aromatic nitrogens is 2. The number of rotatable bonds is 3. The molecule has 0 saturated heterocycles. The molecule has 5 nitrogen and oxygen atoms in total. The first-order chi connectivity index (χ1) is 7.66. The van der Waals surface area contributed by atoms with E-state index < -0.39 is 5.97 Å². The van der Waals surface area contributed by atoms with E-state index in [-0.39, 0.29) is 5.56 Å². The lowest BCUT2D eigenvalue weighted by Gasteiger charge is -2.04. The molecule has 0 aliphatic rings. The van der Waals surface area contributed by atoms with Crippen LogP contribution in [-0.2, 0) is 7.05 Å². The summed E-state index contributed by atoms with van der Waals surface area (Å²) in [5, 5.41) is 8.72. The maximum atomic E-state index is 10.6. The van der Waals surface area contributed by atoms with Gasteiger partial charge in [-0.1, -0.05) is 0 Å². The van der Waals surface area contributed by atoms with E-state index in [1.54, 1.807) is 29.1 Å². The van der Waals surface area contributed by atoms with Gasteiger partial charge in [0.1, 0.15) is 5.75 Å². The molecule has 0 atom stereocenters. The van der Waals surface area contributed by atoms with Crippen molar-refractivity contribution >= 4 is 5.97 Å². The predicted octanol–water partition coefficient (Wildman–Crippen LogP) is 1.91. The number of aromatic carboxylic acids is 1. The summed E-state index contributed by atoms with van der Waals surface area (Å²) in [5.74, 6) is -0.400. The van der Waals surface area contributed by atoms with Gasteiger partial charge in [0.15, 0.2) is 0 Å². The highest BCUT2D eigenvalue weighted by Crippen LogP contribution is 2.19. The molecule has 0 radical (unpaired) electrons. The molecule has 82 valence electrons.